The summed E-state index contributed by atoms with van der Waals surface area (Å²) in [5, 5.41) is 11.2. The molecule has 4 rings (SSSR count). The van der Waals surface area contributed by atoms with Crippen LogP contribution in [0.15, 0.2) is 53.7 Å². The van der Waals surface area contributed by atoms with Crippen LogP contribution in [0.5, 0.6) is 0 Å². The number of benzene rings is 2. The third-order valence-corrected chi connectivity index (χ3v) is 7.98. The van der Waals surface area contributed by atoms with Crippen LogP contribution in [0.3, 0.4) is 0 Å². The Hall–Kier alpha value is -2.58. The van der Waals surface area contributed by atoms with Crippen molar-refractivity contribution >= 4 is 10.0 Å². The third kappa shape index (κ3) is 4.55. The van der Waals surface area contributed by atoms with Gasteiger partial charge in [-0.15, -0.1) is 5.10 Å². The molecule has 0 spiro atoms. The highest BCUT2D eigenvalue weighted by molar-refractivity contribution is 7.89. The quantitative estimate of drug-likeness (QED) is 0.550. The summed E-state index contributed by atoms with van der Waals surface area (Å²) in [6, 6.07) is 13.5. The van der Waals surface area contributed by atoms with Crippen LogP contribution in [0.4, 0.5) is 0 Å². The molecule has 1 fully saturated rings. The lowest BCUT2D eigenvalue weighted by Gasteiger charge is -2.28. The molecule has 0 atom stereocenters. The van der Waals surface area contributed by atoms with Gasteiger partial charge < -0.3 is 0 Å². The second-order valence-corrected chi connectivity index (χ2v) is 10.5. The molecule has 0 bridgehead atoms. The average Bonchev–Trinajstić information content (AvgIpc) is 3.46. The van der Waals surface area contributed by atoms with E-state index in [1.54, 1.807) is 22.5 Å². The lowest BCUT2D eigenvalue weighted by Crippen LogP contribution is -2.38. The first kappa shape index (κ1) is 21.6. The van der Waals surface area contributed by atoms with Crippen molar-refractivity contribution in [1.29, 1.82) is 0 Å². The van der Waals surface area contributed by atoms with Crippen LogP contribution in [0.25, 0.3) is 5.69 Å². The number of rotatable bonds is 7. The third-order valence-electron chi connectivity index (χ3n) is 6.09. The summed E-state index contributed by atoms with van der Waals surface area (Å²) in [6.07, 6.45) is 5.46. The molecule has 0 aliphatic heterocycles. The van der Waals surface area contributed by atoms with Crippen molar-refractivity contribution in [3.8, 4) is 5.69 Å². The predicted octanol–water partition coefficient (Wildman–Crippen LogP) is 4.23. The molecular formula is C23H29N5O2S. The molecule has 1 saturated carbocycles. The molecule has 1 aromatic heterocycles. The van der Waals surface area contributed by atoms with E-state index in [2.05, 4.69) is 53.6 Å². The Balaban J connectivity index is 1.66. The van der Waals surface area contributed by atoms with Crippen molar-refractivity contribution in [2.24, 2.45) is 0 Å². The van der Waals surface area contributed by atoms with Gasteiger partial charge in [0.1, 0.15) is 6.33 Å². The van der Waals surface area contributed by atoms with Crippen molar-refractivity contribution in [1.82, 2.24) is 24.5 Å². The molecule has 0 amide bonds. The van der Waals surface area contributed by atoms with Crippen LogP contribution >= 0.6 is 0 Å². The van der Waals surface area contributed by atoms with E-state index < -0.39 is 10.0 Å². The SMILES string of the molecule is Cc1cc(S(=O)(=O)N(Cc2ccc(C(C)C)cc2)C2CCCC2)ccc1-n1cnnn1. The highest BCUT2D eigenvalue weighted by atomic mass is 32.2. The van der Waals surface area contributed by atoms with Crippen molar-refractivity contribution in [2.45, 2.75) is 69.9 Å². The van der Waals surface area contributed by atoms with E-state index in [0.717, 1.165) is 42.5 Å². The fourth-order valence-corrected chi connectivity index (χ4v) is 6.00. The van der Waals surface area contributed by atoms with E-state index in [1.807, 2.05) is 6.92 Å². The van der Waals surface area contributed by atoms with Gasteiger partial charge in [-0.2, -0.15) is 4.31 Å². The van der Waals surface area contributed by atoms with Crippen molar-refractivity contribution in [3.63, 3.8) is 0 Å². The average molecular weight is 440 g/mol. The van der Waals surface area contributed by atoms with Gasteiger partial charge in [-0.3, -0.25) is 0 Å². The summed E-state index contributed by atoms with van der Waals surface area (Å²) in [5.41, 5.74) is 3.84. The Morgan fingerprint density at radius 2 is 1.81 bits per heavy atom. The van der Waals surface area contributed by atoms with E-state index in [-0.39, 0.29) is 6.04 Å². The molecule has 2 aromatic carbocycles. The van der Waals surface area contributed by atoms with Gasteiger partial charge in [0.2, 0.25) is 10.0 Å². The molecule has 0 N–H and O–H groups in total. The summed E-state index contributed by atoms with van der Waals surface area (Å²) >= 11 is 0. The fraction of sp³-hybridized carbons (Fsp3) is 0.435. The van der Waals surface area contributed by atoms with E-state index >= 15 is 0 Å². The number of nitrogens with zero attached hydrogens (tertiary/aromatic N) is 5. The minimum Gasteiger partial charge on any atom is -0.207 e. The minimum atomic E-state index is -3.64. The number of aromatic nitrogens is 4. The van der Waals surface area contributed by atoms with Crippen LogP contribution in [-0.4, -0.2) is 39.0 Å². The summed E-state index contributed by atoms with van der Waals surface area (Å²) in [4.78, 5) is 0.313. The lowest BCUT2D eigenvalue weighted by atomic mass is 10.0. The smallest absolute Gasteiger partial charge is 0.207 e. The molecule has 7 nitrogen and oxygen atoms in total. The zero-order valence-electron chi connectivity index (χ0n) is 18.3. The van der Waals surface area contributed by atoms with Gasteiger partial charge in [-0.25, -0.2) is 13.1 Å². The number of hydrogen-bond donors (Lipinski definition) is 0. The van der Waals surface area contributed by atoms with Crippen LogP contribution in [0, 0.1) is 6.92 Å². The highest BCUT2D eigenvalue weighted by Crippen LogP contribution is 2.31. The summed E-state index contributed by atoms with van der Waals surface area (Å²) in [7, 11) is -3.64. The Labute approximate surface area is 184 Å². The van der Waals surface area contributed by atoms with Crippen LogP contribution < -0.4 is 0 Å². The molecule has 31 heavy (non-hydrogen) atoms. The first-order chi connectivity index (χ1) is 14.9. The number of sulfonamides is 1. The first-order valence-electron chi connectivity index (χ1n) is 10.8. The highest BCUT2D eigenvalue weighted by Gasteiger charge is 2.33. The maximum Gasteiger partial charge on any atom is 0.243 e. The van der Waals surface area contributed by atoms with Gasteiger partial charge in [0, 0.05) is 12.6 Å². The van der Waals surface area contributed by atoms with Gasteiger partial charge >= 0.3 is 0 Å². The second kappa shape index (κ2) is 8.88. The Bertz CT molecular complexity index is 1120. The van der Waals surface area contributed by atoms with Gasteiger partial charge in [-0.05, 0) is 71.0 Å². The largest absolute Gasteiger partial charge is 0.243 e. The Morgan fingerprint density at radius 1 is 1.10 bits per heavy atom. The molecule has 0 radical (unpaired) electrons. The standard InChI is InChI=1S/C23H29N5O2S/c1-17(2)20-10-8-19(9-11-20)15-28(21-6-4-5-7-21)31(29,30)22-12-13-23(18(3)14-22)27-16-24-25-26-27/h8-14,16-17,21H,4-7,15H2,1-3H3. The number of tetrazole rings is 1. The normalized spacial score (nSPS) is 15.3. The van der Waals surface area contributed by atoms with Crippen LogP contribution in [0.1, 0.15) is 62.1 Å². The van der Waals surface area contributed by atoms with Crippen LogP contribution in [0.2, 0.25) is 0 Å². The van der Waals surface area contributed by atoms with Crippen LogP contribution in [-0.2, 0) is 16.6 Å². The summed E-state index contributed by atoms with van der Waals surface area (Å²) < 4.78 is 30.7. The molecule has 3 aromatic rings. The van der Waals surface area contributed by atoms with E-state index in [9.17, 15) is 8.42 Å². The molecule has 0 unspecified atom stereocenters. The molecule has 1 heterocycles. The molecule has 1 aliphatic carbocycles. The molecule has 164 valence electrons. The van der Waals surface area contributed by atoms with Gasteiger partial charge in [0.05, 0.1) is 10.6 Å². The topological polar surface area (TPSA) is 81.0 Å². The molecule has 8 heteroatoms. The monoisotopic (exact) mass is 439 g/mol. The minimum absolute atomic E-state index is 0.0364. The first-order valence-corrected chi connectivity index (χ1v) is 12.2. The number of hydrogen-bond acceptors (Lipinski definition) is 5. The van der Waals surface area contributed by atoms with E-state index in [1.165, 1.54) is 16.6 Å². The molecule has 1 aliphatic rings. The fourth-order valence-electron chi connectivity index (χ4n) is 4.24. The summed E-state index contributed by atoms with van der Waals surface area (Å²) in [6.45, 7) is 6.58. The number of aryl methyl sites for hydroxylation is 1. The zero-order valence-corrected chi connectivity index (χ0v) is 19.1. The zero-order chi connectivity index (χ0) is 22.0. The van der Waals surface area contributed by atoms with Crippen molar-refractivity contribution in [3.05, 3.63) is 65.5 Å². The molecular weight excluding hydrogens is 410 g/mol. The van der Waals surface area contributed by atoms with E-state index in [0.29, 0.717) is 17.4 Å². The summed E-state index contributed by atoms with van der Waals surface area (Å²) in [5.74, 6) is 0.449. The van der Waals surface area contributed by atoms with Gasteiger partial charge in [0.15, 0.2) is 0 Å². The Morgan fingerprint density at radius 3 is 2.39 bits per heavy atom. The second-order valence-electron chi connectivity index (χ2n) is 8.59. The maximum atomic E-state index is 13.7. The van der Waals surface area contributed by atoms with Gasteiger partial charge in [-0.1, -0.05) is 51.0 Å². The Kier molecular flexibility index (Phi) is 6.20. The maximum absolute atomic E-state index is 13.7. The van der Waals surface area contributed by atoms with Gasteiger partial charge in [0.25, 0.3) is 0 Å². The van der Waals surface area contributed by atoms with Crippen molar-refractivity contribution in [2.75, 3.05) is 0 Å². The van der Waals surface area contributed by atoms with Crippen molar-refractivity contribution < 1.29 is 8.42 Å². The predicted molar refractivity (Wildman–Crippen MR) is 119 cm³/mol. The lowest BCUT2D eigenvalue weighted by molar-refractivity contribution is 0.316. The van der Waals surface area contributed by atoms with E-state index in [4.69, 9.17) is 0 Å². The molecule has 0 saturated heterocycles.